The molecule has 0 aliphatic carbocycles. The molecule has 0 saturated carbocycles. The van der Waals surface area contributed by atoms with Crippen LogP contribution in [0.5, 0.6) is 17.2 Å². The summed E-state index contributed by atoms with van der Waals surface area (Å²) in [6.45, 7) is 0.0881. The average molecular weight is 479 g/mol. The fraction of sp³-hybridized carbons (Fsp3) is 0.273. The molecule has 168 valence electrons. The summed E-state index contributed by atoms with van der Waals surface area (Å²) in [5.74, 6) is 1.73. The third-order valence-electron chi connectivity index (χ3n) is 5.15. The van der Waals surface area contributed by atoms with E-state index in [1.165, 1.54) is 18.8 Å². The zero-order valence-corrected chi connectivity index (χ0v) is 21.5. The minimum absolute atomic E-state index is 0. The maximum absolute atomic E-state index is 12.8. The van der Waals surface area contributed by atoms with Crippen LogP contribution in [0.25, 0.3) is 10.9 Å². The van der Waals surface area contributed by atoms with Gasteiger partial charge in [0.05, 0.1) is 30.4 Å². The second kappa shape index (κ2) is 10.6. The molecular weight excluding hydrogens is 457 g/mol. The second-order valence-electron chi connectivity index (χ2n) is 7.14. The number of imide groups is 1. The van der Waals surface area contributed by atoms with Gasteiger partial charge in [-0.2, -0.15) is 0 Å². The molecule has 0 spiro atoms. The third kappa shape index (κ3) is 5.35. The Hall–Kier alpha value is -2.53. The van der Waals surface area contributed by atoms with Crippen molar-refractivity contribution in [3.8, 4) is 17.2 Å². The Labute approximate surface area is 217 Å². The van der Waals surface area contributed by atoms with Gasteiger partial charge in [-0.05, 0) is 30.2 Å². The van der Waals surface area contributed by atoms with Crippen molar-refractivity contribution >= 4 is 33.8 Å². The fourth-order valence-electron chi connectivity index (χ4n) is 3.38. The van der Waals surface area contributed by atoms with Crippen LogP contribution in [0.3, 0.4) is 0 Å². The van der Waals surface area contributed by atoms with Crippen LogP contribution in [0.1, 0.15) is 12.8 Å². The largest absolute Gasteiger partial charge is 1.00 e. The predicted octanol–water partition coefficient (Wildman–Crippen LogP) is -0.460. The van der Waals surface area contributed by atoms with E-state index in [-0.39, 0.29) is 54.3 Å². The van der Waals surface area contributed by atoms with Crippen LogP contribution in [-0.4, -0.2) is 40.2 Å². The Bertz CT molecular complexity index is 1270. The van der Waals surface area contributed by atoms with Gasteiger partial charge in [-0.15, -0.1) is 0 Å². The number of hydrogen-bond donors (Lipinski definition) is 1. The number of rotatable bonds is 7. The Morgan fingerprint density at radius 1 is 1.09 bits per heavy atom. The first-order valence-electron chi connectivity index (χ1n) is 9.74. The van der Waals surface area contributed by atoms with Gasteiger partial charge >= 0.3 is 29.6 Å². The number of carbonyl (C=O) groups excluding carboxylic acids is 2. The van der Waals surface area contributed by atoms with Crippen molar-refractivity contribution in [1.82, 2.24) is 14.9 Å². The molecule has 33 heavy (non-hydrogen) atoms. The molecule has 4 rings (SSSR count). The maximum atomic E-state index is 12.8. The van der Waals surface area contributed by atoms with E-state index in [0.29, 0.717) is 40.4 Å². The summed E-state index contributed by atoms with van der Waals surface area (Å²) in [4.78, 5) is 40.4. The topological polar surface area (TPSA) is 109 Å². The van der Waals surface area contributed by atoms with Gasteiger partial charge in [-0.1, -0.05) is 23.9 Å². The molecule has 1 aliphatic heterocycles. The van der Waals surface area contributed by atoms with Crippen LogP contribution in [0.2, 0.25) is 0 Å². The van der Waals surface area contributed by atoms with Crippen molar-refractivity contribution in [2.24, 2.45) is 7.05 Å². The number of benzene rings is 2. The number of amides is 2. The van der Waals surface area contributed by atoms with Crippen LogP contribution < -0.4 is 54.6 Å². The monoisotopic (exact) mass is 479 g/mol. The molecule has 1 unspecified atom stereocenters. The third-order valence-corrected chi connectivity index (χ3v) is 6.13. The van der Waals surface area contributed by atoms with E-state index in [1.54, 1.807) is 31.3 Å². The van der Waals surface area contributed by atoms with Crippen molar-refractivity contribution in [2.75, 3.05) is 14.2 Å². The number of hydrogen-bond acceptors (Lipinski definition) is 8. The summed E-state index contributed by atoms with van der Waals surface area (Å²) >= 11 is 1.00. The van der Waals surface area contributed by atoms with Crippen LogP contribution in [-0.2, 0) is 24.9 Å². The molecular formula is C22H22N3NaO6S. The van der Waals surface area contributed by atoms with Gasteiger partial charge in [0, 0.05) is 13.1 Å². The van der Waals surface area contributed by atoms with Gasteiger partial charge in [0.2, 0.25) is 5.91 Å². The Morgan fingerprint density at radius 3 is 2.36 bits per heavy atom. The minimum Gasteiger partial charge on any atom is -1.00 e. The van der Waals surface area contributed by atoms with Crippen LogP contribution in [0, 0.1) is 0 Å². The van der Waals surface area contributed by atoms with Crippen molar-refractivity contribution in [1.29, 1.82) is 0 Å². The smallest absolute Gasteiger partial charge is 1.00 e. The number of nitrogens with one attached hydrogen (secondary N) is 1. The predicted molar refractivity (Wildman–Crippen MR) is 121 cm³/mol. The number of thioether (sulfide) groups is 1. The summed E-state index contributed by atoms with van der Waals surface area (Å²) in [5, 5.41) is 1.97. The molecule has 2 heterocycles. The van der Waals surface area contributed by atoms with Crippen molar-refractivity contribution < 1.29 is 54.8 Å². The summed E-state index contributed by atoms with van der Waals surface area (Å²) < 4.78 is 17.8. The Kier molecular flexibility index (Phi) is 8.06. The number of aromatic nitrogens is 2. The molecule has 1 aromatic heterocycles. The molecule has 1 aliphatic rings. The van der Waals surface area contributed by atoms with Crippen molar-refractivity contribution in [3.05, 3.63) is 58.1 Å². The van der Waals surface area contributed by atoms with E-state index in [0.717, 1.165) is 17.3 Å². The number of ether oxygens (including phenoxy) is 3. The summed E-state index contributed by atoms with van der Waals surface area (Å²) in [6.07, 6.45) is 0.453. The van der Waals surface area contributed by atoms with Gasteiger partial charge in [0.1, 0.15) is 18.2 Å². The van der Waals surface area contributed by atoms with E-state index in [2.05, 4.69) is 10.3 Å². The zero-order valence-electron chi connectivity index (χ0n) is 19.7. The zero-order chi connectivity index (χ0) is 22.8. The molecule has 3 aromatic rings. The van der Waals surface area contributed by atoms with E-state index in [1.807, 2.05) is 12.1 Å². The summed E-state index contributed by atoms with van der Waals surface area (Å²) in [5.41, 5.74) is 1.19. The van der Waals surface area contributed by atoms with Crippen molar-refractivity contribution in [2.45, 2.75) is 18.3 Å². The first-order valence-corrected chi connectivity index (χ1v) is 10.6. The standard InChI is InChI=1S/C22H21N3O6S.Na.H/c1-25-19(23-15-10-17(30-3)16(29-2)9-14(15)21(25)27)11-31-13-6-4-12(5-7-13)8-18-20(26)24-22(28)32-18;;/h4-7,9-10,18H,8,11H2,1-3H3,(H,24,26,28);;/q;+1;-1. The second-order valence-corrected chi connectivity index (χ2v) is 8.31. The first kappa shape index (κ1) is 25.1. The molecule has 9 nitrogen and oxygen atoms in total. The molecule has 2 amide bonds. The number of nitrogens with zero attached hydrogens (tertiary/aromatic N) is 2. The van der Waals surface area contributed by atoms with Gasteiger partial charge in [0.25, 0.3) is 10.8 Å². The van der Waals surface area contributed by atoms with Crippen LogP contribution in [0.4, 0.5) is 4.79 Å². The van der Waals surface area contributed by atoms with E-state index < -0.39 is 5.25 Å². The molecule has 1 N–H and O–H groups in total. The van der Waals surface area contributed by atoms with Gasteiger partial charge in [-0.3, -0.25) is 24.3 Å². The van der Waals surface area contributed by atoms with Crippen LogP contribution in [0.15, 0.2) is 41.2 Å². The summed E-state index contributed by atoms with van der Waals surface area (Å²) in [6, 6.07) is 10.5. The Morgan fingerprint density at radius 2 is 1.76 bits per heavy atom. The molecule has 2 aromatic carbocycles. The normalized spacial score (nSPS) is 15.2. The SMILES string of the molecule is COc1cc2nc(COc3ccc(CC4SC(=O)NC4=O)cc3)n(C)c(=O)c2cc1OC.[H-].[Na+]. The Balaban J connectivity index is 0.00000204. The average Bonchev–Trinajstić information content (AvgIpc) is 3.11. The van der Waals surface area contributed by atoms with Gasteiger partial charge in [-0.25, -0.2) is 4.98 Å². The molecule has 1 saturated heterocycles. The number of carbonyl (C=O) groups is 2. The number of methoxy groups -OCH3 is 2. The molecule has 1 atom stereocenters. The molecule has 0 bridgehead atoms. The van der Waals surface area contributed by atoms with E-state index in [4.69, 9.17) is 14.2 Å². The van der Waals surface area contributed by atoms with Crippen molar-refractivity contribution in [3.63, 3.8) is 0 Å². The van der Waals surface area contributed by atoms with Gasteiger partial charge < -0.3 is 15.6 Å². The molecule has 1 fully saturated rings. The van der Waals surface area contributed by atoms with Gasteiger partial charge in [0.15, 0.2) is 11.5 Å². The first-order chi connectivity index (χ1) is 15.4. The molecule has 11 heteroatoms. The van der Waals surface area contributed by atoms with E-state index >= 15 is 0 Å². The summed E-state index contributed by atoms with van der Waals surface area (Å²) in [7, 11) is 4.67. The fourth-order valence-corrected chi connectivity index (χ4v) is 4.24. The molecule has 0 radical (unpaired) electrons. The minimum atomic E-state index is -0.416. The van der Waals surface area contributed by atoms with Crippen LogP contribution >= 0.6 is 11.8 Å². The number of fused-ring (bicyclic) bond motifs is 1. The quantitative estimate of drug-likeness (QED) is 0.454. The maximum Gasteiger partial charge on any atom is 1.00 e. The van der Waals surface area contributed by atoms with E-state index in [9.17, 15) is 14.4 Å².